The van der Waals surface area contributed by atoms with E-state index in [1.165, 1.54) is 24.3 Å². The number of primary sulfonamides is 1. The second kappa shape index (κ2) is 3.64. The molecule has 0 aliphatic heterocycles. The SMILES string of the molecule is NS(=O)(=O)c1ccc(NC(=O)O)cc1. The first-order chi connectivity index (χ1) is 6.39. The van der Waals surface area contributed by atoms with Gasteiger partial charge < -0.3 is 5.11 Å². The molecular formula is C7H8N2O4S. The van der Waals surface area contributed by atoms with Crippen LogP contribution in [-0.2, 0) is 10.0 Å². The van der Waals surface area contributed by atoms with E-state index < -0.39 is 16.1 Å². The molecule has 1 rings (SSSR count). The van der Waals surface area contributed by atoms with Gasteiger partial charge in [0.2, 0.25) is 10.0 Å². The molecule has 0 aliphatic rings. The lowest BCUT2D eigenvalue weighted by Gasteiger charge is -2.01. The van der Waals surface area contributed by atoms with Crippen molar-refractivity contribution in [2.45, 2.75) is 4.90 Å². The predicted octanol–water partition coefficient (Wildman–Crippen LogP) is 0.424. The van der Waals surface area contributed by atoms with E-state index in [0.29, 0.717) is 0 Å². The first kappa shape index (κ1) is 10.5. The fourth-order valence-corrected chi connectivity index (χ4v) is 1.37. The molecule has 0 aromatic heterocycles. The third kappa shape index (κ3) is 2.71. The number of hydrogen-bond acceptors (Lipinski definition) is 3. The Morgan fingerprint density at radius 1 is 1.29 bits per heavy atom. The van der Waals surface area contributed by atoms with Gasteiger partial charge in [-0.05, 0) is 24.3 Å². The number of carboxylic acid groups (broad SMARTS) is 1. The van der Waals surface area contributed by atoms with Crippen LogP contribution in [-0.4, -0.2) is 19.6 Å². The summed E-state index contributed by atoms with van der Waals surface area (Å²) in [6, 6.07) is 5.07. The molecular weight excluding hydrogens is 208 g/mol. The third-order valence-corrected chi connectivity index (χ3v) is 2.36. The second-order valence-electron chi connectivity index (χ2n) is 2.50. The lowest BCUT2D eigenvalue weighted by molar-refractivity contribution is 0.210. The maximum Gasteiger partial charge on any atom is 0.409 e. The van der Waals surface area contributed by atoms with Crippen LogP contribution in [0.15, 0.2) is 29.2 Å². The molecule has 0 saturated heterocycles. The fourth-order valence-electron chi connectivity index (χ4n) is 0.851. The van der Waals surface area contributed by atoms with Crippen LogP contribution >= 0.6 is 0 Å². The van der Waals surface area contributed by atoms with Crippen molar-refractivity contribution >= 4 is 21.8 Å². The van der Waals surface area contributed by atoms with E-state index in [1.807, 2.05) is 0 Å². The summed E-state index contributed by atoms with van der Waals surface area (Å²) >= 11 is 0. The highest BCUT2D eigenvalue weighted by atomic mass is 32.2. The zero-order valence-electron chi connectivity index (χ0n) is 6.97. The van der Waals surface area contributed by atoms with Gasteiger partial charge >= 0.3 is 6.09 Å². The van der Waals surface area contributed by atoms with Crippen molar-refractivity contribution in [2.24, 2.45) is 5.14 Å². The van der Waals surface area contributed by atoms with Gasteiger partial charge in [0.1, 0.15) is 0 Å². The van der Waals surface area contributed by atoms with E-state index in [-0.39, 0.29) is 10.6 Å². The Bertz CT molecular complexity index is 437. The van der Waals surface area contributed by atoms with Crippen LogP contribution in [0.1, 0.15) is 0 Å². The largest absolute Gasteiger partial charge is 0.465 e. The van der Waals surface area contributed by atoms with Crippen LogP contribution in [0.3, 0.4) is 0 Å². The highest BCUT2D eigenvalue weighted by Gasteiger charge is 2.06. The van der Waals surface area contributed by atoms with E-state index in [1.54, 1.807) is 0 Å². The molecule has 0 spiro atoms. The van der Waals surface area contributed by atoms with Crippen LogP contribution < -0.4 is 10.5 Å². The van der Waals surface area contributed by atoms with E-state index in [4.69, 9.17) is 10.2 Å². The first-order valence-electron chi connectivity index (χ1n) is 3.52. The van der Waals surface area contributed by atoms with Crippen LogP contribution in [0.5, 0.6) is 0 Å². The number of carbonyl (C=O) groups is 1. The molecule has 0 aliphatic carbocycles. The van der Waals surface area contributed by atoms with Gasteiger partial charge in [-0.2, -0.15) is 0 Å². The Morgan fingerprint density at radius 3 is 2.14 bits per heavy atom. The number of amides is 1. The summed E-state index contributed by atoms with van der Waals surface area (Å²) in [6.07, 6.45) is -1.21. The molecule has 0 atom stereocenters. The molecule has 76 valence electrons. The van der Waals surface area contributed by atoms with Crippen molar-refractivity contribution in [3.63, 3.8) is 0 Å². The van der Waals surface area contributed by atoms with Crippen molar-refractivity contribution in [3.8, 4) is 0 Å². The first-order valence-corrected chi connectivity index (χ1v) is 5.07. The van der Waals surface area contributed by atoms with E-state index >= 15 is 0 Å². The number of benzene rings is 1. The smallest absolute Gasteiger partial charge is 0.409 e. The molecule has 0 bridgehead atoms. The zero-order chi connectivity index (χ0) is 10.8. The van der Waals surface area contributed by atoms with Gasteiger partial charge in [-0.25, -0.2) is 18.4 Å². The van der Waals surface area contributed by atoms with Crippen LogP contribution in [0.4, 0.5) is 10.5 Å². The van der Waals surface area contributed by atoms with Crippen molar-refractivity contribution in [2.75, 3.05) is 5.32 Å². The molecule has 1 aromatic carbocycles. The lowest BCUT2D eigenvalue weighted by Crippen LogP contribution is -2.12. The zero-order valence-corrected chi connectivity index (χ0v) is 7.78. The highest BCUT2D eigenvalue weighted by Crippen LogP contribution is 2.12. The molecule has 7 heteroatoms. The maximum absolute atomic E-state index is 10.8. The number of sulfonamides is 1. The van der Waals surface area contributed by atoms with Gasteiger partial charge in [-0.3, -0.25) is 5.32 Å². The van der Waals surface area contributed by atoms with E-state index in [0.717, 1.165) is 0 Å². The summed E-state index contributed by atoms with van der Waals surface area (Å²) in [5.41, 5.74) is 0.282. The van der Waals surface area contributed by atoms with Crippen molar-refractivity contribution in [3.05, 3.63) is 24.3 Å². The van der Waals surface area contributed by atoms with Crippen molar-refractivity contribution in [1.29, 1.82) is 0 Å². The van der Waals surface area contributed by atoms with Gasteiger partial charge in [-0.15, -0.1) is 0 Å². The minimum Gasteiger partial charge on any atom is -0.465 e. The number of hydrogen-bond donors (Lipinski definition) is 3. The summed E-state index contributed by atoms with van der Waals surface area (Å²) in [4.78, 5) is 10.1. The highest BCUT2D eigenvalue weighted by molar-refractivity contribution is 7.89. The van der Waals surface area contributed by atoms with Gasteiger partial charge in [0, 0.05) is 5.69 Å². The Kier molecular flexibility index (Phi) is 2.73. The van der Waals surface area contributed by atoms with Gasteiger partial charge in [0.05, 0.1) is 4.90 Å². The minimum atomic E-state index is -3.72. The average Bonchev–Trinajstić information content (AvgIpc) is 2.02. The summed E-state index contributed by atoms with van der Waals surface area (Å²) in [6.45, 7) is 0. The Morgan fingerprint density at radius 2 is 1.79 bits per heavy atom. The molecule has 0 saturated carbocycles. The maximum atomic E-state index is 10.8. The van der Waals surface area contributed by atoms with Crippen LogP contribution in [0.25, 0.3) is 0 Å². The number of nitrogens with two attached hydrogens (primary N) is 1. The van der Waals surface area contributed by atoms with Crippen LogP contribution in [0.2, 0.25) is 0 Å². The molecule has 1 aromatic rings. The molecule has 6 nitrogen and oxygen atoms in total. The van der Waals surface area contributed by atoms with Gasteiger partial charge in [0.15, 0.2) is 0 Å². The molecule has 0 fully saturated rings. The third-order valence-electron chi connectivity index (χ3n) is 1.43. The Labute approximate surface area is 80.4 Å². The van der Waals surface area contributed by atoms with Crippen molar-refractivity contribution in [1.82, 2.24) is 0 Å². The summed E-state index contributed by atoms with van der Waals surface area (Å²) in [5, 5.41) is 15.3. The summed E-state index contributed by atoms with van der Waals surface area (Å²) in [7, 11) is -3.72. The predicted molar refractivity (Wildman–Crippen MR) is 49.5 cm³/mol. The van der Waals surface area contributed by atoms with Gasteiger partial charge in [-0.1, -0.05) is 0 Å². The standard InChI is InChI=1S/C7H8N2O4S/c8-14(12,13)6-3-1-5(2-4-6)9-7(10)11/h1-4,9H,(H,10,11)(H2,8,12,13). The Hall–Kier alpha value is -1.60. The summed E-state index contributed by atoms with van der Waals surface area (Å²) < 4.78 is 21.6. The van der Waals surface area contributed by atoms with Gasteiger partial charge in [0.25, 0.3) is 0 Å². The topological polar surface area (TPSA) is 109 Å². The average molecular weight is 216 g/mol. The number of rotatable bonds is 2. The Balaban J connectivity index is 2.95. The summed E-state index contributed by atoms with van der Waals surface area (Å²) in [5.74, 6) is 0. The van der Waals surface area contributed by atoms with E-state index in [2.05, 4.69) is 5.32 Å². The molecule has 1 amide bonds. The number of nitrogens with one attached hydrogen (secondary N) is 1. The molecule has 0 unspecified atom stereocenters. The molecule has 14 heavy (non-hydrogen) atoms. The van der Waals surface area contributed by atoms with Crippen molar-refractivity contribution < 1.29 is 18.3 Å². The van der Waals surface area contributed by atoms with Crippen LogP contribution in [0, 0.1) is 0 Å². The molecule has 0 heterocycles. The number of anilines is 1. The molecule has 0 radical (unpaired) electrons. The van der Waals surface area contributed by atoms with E-state index in [9.17, 15) is 13.2 Å². The fraction of sp³-hybridized carbons (Fsp3) is 0. The normalized spacial score (nSPS) is 10.9. The second-order valence-corrected chi connectivity index (χ2v) is 4.06. The monoisotopic (exact) mass is 216 g/mol. The lowest BCUT2D eigenvalue weighted by atomic mass is 10.3. The quantitative estimate of drug-likeness (QED) is 0.665. The minimum absolute atomic E-state index is 0.0616. The molecule has 4 N–H and O–H groups in total.